The predicted molar refractivity (Wildman–Crippen MR) is 113 cm³/mol. The Morgan fingerprint density at radius 2 is 1.93 bits per heavy atom. The first-order valence-corrected chi connectivity index (χ1v) is 9.73. The minimum atomic E-state index is -0.662. The van der Waals surface area contributed by atoms with E-state index < -0.39 is 17.9 Å². The first-order valence-electron chi connectivity index (χ1n) is 8.85. The normalized spacial score (nSPS) is 11.7. The van der Waals surface area contributed by atoms with Crippen molar-refractivity contribution in [1.29, 1.82) is 0 Å². The Morgan fingerprint density at radius 1 is 1.21 bits per heavy atom. The number of primary amides is 2. The van der Waals surface area contributed by atoms with E-state index in [0.29, 0.717) is 6.42 Å². The van der Waals surface area contributed by atoms with Crippen molar-refractivity contribution in [2.75, 3.05) is 17.3 Å². The van der Waals surface area contributed by atoms with Gasteiger partial charge in [0.2, 0.25) is 11.9 Å². The highest BCUT2D eigenvalue weighted by molar-refractivity contribution is 7.13. The van der Waals surface area contributed by atoms with Gasteiger partial charge in [-0.25, -0.2) is 4.98 Å². The van der Waals surface area contributed by atoms with E-state index in [1.807, 2.05) is 31.2 Å². The van der Waals surface area contributed by atoms with Crippen molar-refractivity contribution in [2.45, 2.75) is 19.4 Å². The van der Waals surface area contributed by atoms with Crippen LogP contribution in [0.1, 0.15) is 23.7 Å². The number of nitrogens with two attached hydrogens (primary N) is 2. The van der Waals surface area contributed by atoms with Crippen molar-refractivity contribution in [3.8, 4) is 10.4 Å². The number of nitrogens with zero attached hydrogens (tertiary/aromatic N) is 4. The van der Waals surface area contributed by atoms with Crippen LogP contribution in [0.2, 0.25) is 0 Å². The molecule has 1 atom stereocenters. The second-order valence-corrected chi connectivity index (χ2v) is 7.19. The quantitative estimate of drug-likeness (QED) is 0.516. The molecule has 2 heterocycles. The zero-order valence-electron chi connectivity index (χ0n) is 16.0. The number of carbonyl (C=O) groups is 2. The zero-order chi connectivity index (χ0) is 21.0. The minimum Gasteiger partial charge on any atom is -0.368 e. The van der Waals surface area contributed by atoms with Gasteiger partial charge in [0.25, 0.3) is 5.91 Å². The van der Waals surface area contributed by atoms with Crippen molar-refractivity contribution < 1.29 is 9.59 Å². The Bertz CT molecular complexity index is 1010. The number of hydrogen-bond donors (Lipinski definition) is 3. The highest BCUT2D eigenvalue weighted by Crippen LogP contribution is 2.27. The van der Waals surface area contributed by atoms with Crippen LogP contribution in [-0.4, -0.2) is 39.9 Å². The molecule has 0 aliphatic heterocycles. The van der Waals surface area contributed by atoms with Gasteiger partial charge in [0, 0.05) is 25.1 Å². The second-order valence-electron chi connectivity index (χ2n) is 6.30. The first-order chi connectivity index (χ1) is 13.9. The monoisotopic (exact) mass is 411 g/mol. The molecule has 0 aliphatic rings. The summed E-state index contributed by atoms with van der Waals surface area (Å²) < 4.78 is 0. The van der Waals surface area contributed by atoms with E-state index in [0.717, 1.165) is 16.1 Å². The minimum absolute atomic E-state index is 0.140. The highest BCUT2D eigenvalue weighted by atomic mass is 32.1. The van der Waals surface area contributed by atoms with E-state index in [1.54, 1.807) is 35.0 Å². The van der Waals surface area contributed by atoms with Gasteiger partial charge in [-0.3, -0.25) is 14.6 Å². The summed E-state index contributed by atoms with van der Waals surface area (Å²) in [5.41, 5.74) is 14.6. The molecule has 1 unspecified atom stereocenters. The van der Waals surface area contributed by atoms with Gasteiger partial charge >= 0.3 is 0 Å². The lowest BCUT2D eigenvalue weighted by atomic mass is 10.2. The third-order valence-corrected chi connectivity index (χ3v) is 5.23. The lowest BCUT2D eigenvalue weighted by Gasteiger charge is -2.25. The van der Waals surface area contributed by atoms with Crippen molar-refractivity contribution in [2.24, 2.45) is 11.5 Å². The average molecular weight is 411 g/mol. The van der Waals surface area contributed by atoms with Crippen LogP contribution >= 0.6 is 11.3 Å². The van der Waals surface area contributed by atoms with E-state index in [-0.39, 0.29) is 17.3 Å². The summed E-state index contributed by atoms with van der Waals surface area (Å²) in [7, 11) is 1.67. The summed E-state index contributed by atoms with van der Waals surface area (Å²) in [4.78, 5) is 38.7. The fourth-order valence-corrected chi connectivity index (χ4v) is 3.47. The molecule has 0 saturated carbocycles. The van der Waals surface area contributed by atoms with Crippen LogP contribution in [-0.2, 0) is 4.79 Å². The van der Waals surface area contributed by atoms with E-state index in [4.69, 9.17) is 11.5 Å². The summed E-state index contributed by atoms with van der Waals surface area (Å²) >= 11 is 1.55. The van der Waals surface area contributed by atoms with Gasteiger partial charge in [-0.05, 0) is 24.1 Å². The second kappa shape index (κ2) is 8.65. The fraction of sp³-hybridized carbons (Fsp3) is 0.211. The van der Waals surface area contributed by atoms with Crippen molar-refractivity contribution in [3.63, 3.8) is 0 Å². The van der Waals surface area contributed by atoms with Crippen LogP contribution in [0.25, 0.3) is 10.4 Å². The molecule has 0 fully saturated rings. The summed E-state index contributed by atoms with van der Waals surface area (Å²) in [5.74, 6) is -0.640. The van der Waals surface area contributed by atoms with E-state index in [1.165, 1.54) is 6.20 Å². The number of nitrogens with one attached hydrogen (secondary N) is 1. The molecule has 3 rings (SSSR count). The third kappa shape index (κ3) is 4.49. The number of rotatable bonds is 8. The van der Waals surface area contributed by atoms with Crippen LogP contribution in [0.15, 0.2) is 42.2 Å². The molecule has 5 N–H and O–H groups in total. The van der Waals surface area contributed by atoms with Gasteiger partial charge < -0.3 is 21.7 Å². The van der Waals surface area contributed by atoms with Crippen LogP contribution < -0.4 is 21.7 Å². The molecule has 29 heavy (non-hydrogen) atoms. The Balaban J connectivity index is 1.90. The van der Waals surface area contributed by atoms with Gasteiger partial charge in [0.15, 0.2) is 0 Å². The summed E-state index contributed by atoms with van der Waals surface area (Å²) in [5, 5.41) is 3.10. The van der Waals surface area contributed by atoms with Gasteiger partial charge in [-0.1, -0.05) is 19.1 Å². The fourth-order valence-electron chi connectivity index (χ4n) is 2.84. The number of amides is 2. The molecule has 9 nitrogen and oxygen atoms in total. The Kier molecular flexibility index (Phi) is 6.03. The number of aromatic nitrogens is 3. The molecule has 10 heteroatoms. The molecule has 0 saturated heterocycles. The maximum absolute atomic E-state index is 11.8. The maximum Gasteiger partial charge on any atom is 0.254 e. The SMILES string of the molecule is CCC(C(N)=O)N(C)c1ncc(C(N)=O)c(Nc2ccc(-c3cncs3)cc2)n1. The lowest BCUT2D eigenvalue weighted by Crippen LogP contribution is -2.43. The number of thiazole rings is 1. The standard InChI is InChI=1S/C19H21N7O2S/c1-3-14(17(21)28)26(2)19-23-8-13(16(20)27)18(25-19)24-12-6-4-11(5-7-12)15-9-22-10-29-15/h4-10,14H,3H2,1-2H3,(H2,20,27)(H2,21,28)(H,23,24,25). The number of carbonyl (C=O) groups excluding carboxylic acids is 2. The summed E-state index contributed by atoms with van der Waals surface area (Å²) in [6.45, 7) is 1.84. The van der Waals surface area contributed by atoms with Crippen LogP contribution in [0, 0.1) is 0 Å². The molecule has 2 amide bonds. The molecule has 1 aromatic carbocycles. The van der Waals surface area contributed by atoms with Crippen molar-refractivity contribution in [1.82, 2.24) is 15.0 Å². The predicted octanol–water partition coefficient (Wildman–Crippen LogP) is 2.14. The maximum atomic E-state index is 11.8. The van der Waals surface area contributed by atoms with Gasteiger partial charge in [0.05, 0.1) is 10.4 Å². The largest absolute Gasteiger partial charge is 0.368 e. The first kappa shape index (κ1) is 20.2. The lowest BCUT2D eigenvalue weighted by molar-refractivity contribution is -0.119. The molecule has 3 aromatic rings. The molecule has 0 bridgehead atoms. The number of hydrogen-bond acceptors (Lipinski definition) is 8. The number of likely N-dealkylation sites (N-methyl/N-ethyl adjacent to an activating group) is 1. The van der Waals surface area contributed by atoms with E-state index >= 15 is 0 Å². The Morgan fingerprint density at radius 3 is 2.48 bits per heavy atom. The van der Waals surface area contributed by atoms with Crippen LogP contribution in [0.5, 0.6) is 0 Å². The van der Waals surface area contributed by atoms with E-state index in [2.05, 4.69) is 20.3 Å². The summed E-state index contributed by atoms with van der Waals surface area (Å²) in [6, 6.07) is 7.04. The summed E-state index contributed by atoms with van der Waals surface area (Å²) in [6.07, 6.45) is 3.63. The molecule has 0 spiro atoms. The molecule has 0 radical (unpaired) electrons. The van der Waals surface area contributed by atoms with E-state index in [9.17, 15) is 9.59 Å². The average Bonchev–Trinajstić information content (AvgIpc) is 3.23. The van der Waals surface area contributed by atoms with Crippen LogP contribution in [0.4, 0.5) is 17.5 Å². The zero-order valence-corrected chi connectivity index (χ0v) is 16.8. The van der Waals surface area contributed by atoms with Gasteiger partial charge in [-0.15, -0.1) is 11.3 Å². The number of anilines is 3. The number of benzene rings is 1. The van der Waals surface area contributed by atoms with Gasteiger partial charge in [0.1, 0.15) is 17.4 Å². The molecule has 0 aliphatic carbocycles. The van der Waals surface area contributed by atoms with Crippen molar-refractivity contribution in [3.05, 3.63) is 47.7 Å². The van der Waals surface area contributed by atoms with Crippen molar-refractivity contribution >= 4 is 40.6 Å². The third-order valence-electron chi connectivity index (χ3n) is 4.40. The molecule has 150 valence electrons. The van der Waals surface area contributed by atoms with Crippen LogP contribution in [0.3, 0.4) is 0 Å². The Labute approximate surface area is 171 Å². The molecular formula is C19H21N7O2S. The molecule has 2 aromatic heterocycles. The smallest absolute Gasteiger partial charge is 0.254 e. The Hall–Kier alpha value is -3.53. The van der Waals surface area contributed by atoms with Gasteiger partial charge in [-0.2, -0.15) is 4.98 Å². The topological polar surface area (TPSA) is 140 Å². The highest BCUT2D eigenvalue weighted by Gasteiger charge is 2.22. The molecular weight excluding hydrogens is 390 g/mol.